The molecule has 0 aliphatic carbocycles. The van der Waals surface area contributed by atoms with Gasteiger partial charge in [0.15, 0.2) is 5.96 Å². The SMILES string of the molecule is CCNC(=NCCC(C)N(C)Cc1ccccc1)N1CCN(Cc2ccon2)CC1. The fourth-order valence-corrected chi connectivity index (χ4v) is 3.70. The fourth-order valence-electron chi connectivity index (χ4n) is 3.70. The summed E-state index contributed by atoms with van der Waals surface area (Å²) < 4.78 is 4.94. The second-order valence-electron chi connectivity index (χ2n) is 8.03. The van der Waals surface area contributed by atoms with E-state index in [9.17, 15) is 0 Å². The van der Waals surface area contributed by atoms with Crippen LogP contribution >= 0.6 is 0 Å². The highest BCUT2D eigenvalue weighted by Gasteiger charge is 2.20. The van der Waals surface area contributed by atoms with E-state index in [1.165, 1.54) is 5.56 Å². The molecule has 1 fully saturated rings. The predicted molar refractivity (Wildman–Crippen MR) is 121 cm³/mol. The number of rotatable bonds is 9. The van der Waals surface area contributed by atoms with Gasteiger partial charge in [0.1, 0.15) is 6.26 Å². The van der Waals surface area contributed by atoms with E-state index in [0.717, 1.165) is 70.4 Å². The van der Waals surface area contributed by atoms with Crippen LogP contribution in [0.3, 0.4) is 0 Å². The molecule has 7 nitrogen and oxygen atoms in total. The molecule has 1 aromatic heterocycles. The normalized spacial score (nSPS) is 16.8. The Morgan fingerprint density at radius 3 is 2.63 bits per heavy atom. The van der Waals surface area contributed by atoms with Crippen LogP contribution in [-0.4, -0.2) is 78.2 Å². The van der Waals surface area contributed by atoms with E-state index in [2.05, 4.69) is 76.4 Å². The number of nitrogens with one attached hydrogen (secondary N) is 1. The summed E-state index contributed by atoms with van der Waals surface area (Å²) in [6.45, 7) is 11.9. The minimum Gasteiger partial charge on any atom is -0.364 e. The first-order valence-electron chi connectivity index (χ1n) is 11.0. The van der Waals surface area contributed by atoms with Crippen molar-refractivity contribution in [3.63, 3.8) is 0 Å². The molecule has 30 heavy (non-hydrogen) atoms. The van der Waals surface area contributed by atoms with Crippen LogP contribution in [0.1, 0.15) is 31.5 Å². The zero-order valence-electron chi connectivity index (χ0n) is 18.6. The van der Waals surface area contributed by atoms with Crippen molar-refractivity contribution in [3.05, 3.63) is 53.9 Å². The predicted octanol–water partition coefficient (Wildman–Crippen LogP) is 2.67. The number of aromatic nitrogens is 1. The first-order valence-corrected chi connectivity index (χ1v) is 11.0. The smallest absolute Gasteiger partial charge is 0.194 e. The van der Waals surface area contributed by atoms with E-state index in [-0.39, 0.29) is 0 Å². The van der Waals surface area contributed by atoms with Gasteiger partial charge in [-0.2, -0.15) is 0 Å². The zero-order valence-corrected chi connectivity index (χ0v) is 18.6. The Bertz CT molecular complexity index is 740. The van der Waals surface area contributed by atoms with Crippen molar-refractivity contribution in [1.29, 1.82) is 0 Å². The van der Waals surface area contributed by atoms with E-state index in [0.29, 0.717) is 6.04 Å². The van der Waals surface area contributed by atoms with Gasteiger partial charge in [-0.3, -0.25) is 14.8 Å². The van der Waals surface area contributed by atoms with Crippen LogP contribution in [0.25, 0.3) is 0 Å². The maximum absolute atomic E-state index is 4.94. The molecule has 164 valence electrons. The first kappa shape index (κ1) is 22.3. The molecule has 0 saturated carbocycles. The lowest BCUT2D eigenvalue weighted by atomic mass is 10.1. The minimum absolute atomic E-state index is 0.483. The molecule has 1 atom stereocenters. The molecular weight excluding hydrogens is 376 g/mol. The Labute approximate surface area is 180 Å². The number of nitrogens with zero attached hydrogens (tertiary/aromatic N) is 5. The molecule has 1 unspecified atom stereocenters. The third-order valence-corrected chi connectivity index (χ3v) is 5.72. The Hall–Kier alpha value is -2.38. The van der Waals surface area contributed by atoms with Crippen molar-refractivity contribution in [2.75, 3.05) is 46.3 Å². The average molecular weight is 413 g/mol. The van der Waals surface area contributed by atoms with Gasteiger partial charge >= 0.3 is 0 Å². The number of aliphatic imine (C=N–C) groups is 1. The van der Waals surface area contributed by atoms with Crippen LogP contribution < -0.4 is 5.32 Å². The van der Waals surface area contributed by atoms with Crippen molar-refractivity contribution >= 4 is 5.96 Å². The molecule has 0 amide bonds. The van der Waals surface area contributed by atoms with Gasteiger partial charge in [-0.25, -0.2) is 0 Å². The third kappa shape index (κ3) is 6.85. The van der Waals surface area contributed by atoms with Crippen LogP contribution in [0, 0.1) is 0 Å². The van der Waals surface area contributed by atoms with Gasteiger partial charge < -0.3 is 14.7 Å². The average Bonchev–Trinajstić information content (AvgIpc) is 3.27. The molecule has 1 aliphatic heterocycles. The van der Waals surface area contributed by atoms with Gasteiger partial charge in [0, 0.05) is 64.5 Å². The highest BCUT2D eigenvalue weighted by atomic mass is 16.5. The van der Waals surface area contributed by atoms with Gasteiger partial charge in [0.25, 0.3) is 0 Å². The number of guanidine groups is 1. The summed E-state index contributed by atoms with van der Waals surface area (Å²) in [5.41, 5.74) is 2.35. The molecule has 1 aromatic carbocycles. The Morgan fingerprint density at radius 2 is 1.97 bits per heavy atom. The molecule has 2 aromatic rings. The minimum atomic E-state index is 0.483. The van der Waals surface area contributed by atoms with E-state index >= 15 is 0 Å². The quantitative estimate of drug-likeness (QED) is 0.505. The van der Waals surface area contributed by atoms with Gasteiger partial charge in [0.05, 0.1) is 5.69 Å². The second kappa shape index (κ2) is 11.7. The third-order valence-electron chi connectivity index (χ3n) is 5.72. The van der Waals surface area contributed by atoms with Gasteiger partial charge in [-0.1, -0.05) is 35.5 Å². The van der Waals surface area contributed by atoms with Crippen molar-refractivity contribution in [3.8, 4) is 0 Å². The van der Waals surface area contributed by atoms with Crippen molar-refractivity contribution < 1.29 is 4.52 Å². The van der Waals surface area contributed by atoms with Crippen LogP contribution in [0.4, 0.5) is 0 Å². The Morgan fingerprint density at radius 1 is 1.20 bits per heavy atom. The highest BCUT2D eigenvalue weighted by Crippen LogP contribution is 2.10. The molecule has 1 aliphatic rings. The van der Waals surface area contributed by atoms with Crippen molar-refractivity contribution in [1.82, 2.24) is 25.2 Å². The molecular formula is C23H36N6O. The van der Waals surface area contributed by atoms with Gasteiger partial charge in [0.2, 0.25) is 0 Å². The van der Waals surface area contributed by atoms with E-state index in [1.54, 1.807) is 6.26 Å². The molecule has 1 saturated heterocycles. The maximum atomic E-state index is 4.94. The van der Waals surface area contributed by atoms with Crippen LogP contribution in [-0.2, 0) is 13.1 Å². The molecule has 2 heterocycles. The number of hydrogen-bond donors (Lipinski definition) is 1. The standard InChI is InChI=1S/C23H36N6O/c1-4-24-23(29-15-13-28(14-16-29)19-22-11-17-30-26-22)25-12-10-20(2)27(3)18-21-8-6-5-7-9-21/h5-9,11,17,20H,4,10,12-16,18-19H2,1-3H3,(H,24,25). The zero-order chi connectivity index (χ0) is 21.2. The van der Waals surface area contributed by atoms with Crippen molar-refractivity contribution in [2.24, 2.45) is 4.99 Å². The first-order chi connectivity index (χ1) is 14.7. The molecule has 3 rings (SSSR count). The van der Waals surface area contributed by atoms with E-state index in [1.807, 2.05) is 6.07 Å². The topological polar surface area (TPSA) is 60.1 Å². The summed E-state index contributed by atoms with van der Waals surface area (Å²) >= 11 is 0. The maximum Gasteiger partial charge on any atom is 0.194 e. The van der Waals surface area contributed by atoms with Crippen LogP contribution in [0.2, 0.25) is 0 Å². The van der Waals surface area contributed by atoms with E-state index in [4.69, 9.17) is 9.52 Å². The summed E-state index contributed by atoms with van der Waals surface area (Å²) in [4.78, 5) is 12.1. The second-order valence-corrected chi connectivity index (χ2v) is 8.03. The number of hydrogen-bond acceptors (Lipinski definition) is 5. The lowest BCUT2D eigenvalue weighted by Gasteiger charge is -2.36. The molecule has 7 heteroatoms. The summed E-state index contributed by atoms with van der Waals surface area (Å²) in [6, 6.07) is 13.1. The summed E-state index contributed by atoms with van der Waals surface area (Å²) in [7, 11) is 2.20. The van der Waals surface area contributed by atoms with Gasteiger partial charge in [-0.05, 0) is 32.9 Å². The summed E-state index contributed by atoms with van der Waals surface area (Å²) in [5.74, 6) is 1.04. The summed E-state index contributed by atoms with van der Waals surface area (Å²) in [5, 5.41) is 7.49. The Kier molecular flexibility index (Phi) is 8.71. The lowest BCUT2D eigenvalue weighted by Crippen LogP contribution is -2.52. The fraction of sp³-hybridized carbons (Fsp3) is 0.565. The largest absolute Gasteiger partial charge is 0.364 e. The van der Waals surface area contributed by atoms with Gasteiger partial charge in [-0.15, -0.1) is 0 Å². The molecule has 0 spiro atoms. The summed E-state index contributed by atoms with van der Waals surface area (Å²) in [6.07, 6.45) is 2.68. The van der Waals surface area contributed by atoms with Crippen molar-refractivity contribution in [2.45, 2.75) is 39.4 Å². The number of benzene rings is 1. The van der Waals surface area contributed by atoms with Crippen LogP contribution in [0.5, 0.6) is 0 Å². The van der Waals surface area contributed by atoms with E-state index < -0.39 is 0 Å². The molecule has 0 radical (unpaired) electrons. The van der Waals surface area contributed by atoms with Crippen LogP contribution in [0.15, 0.2) is 52.2 Å². The highest BCUT2D eigenvalue weighted by molar-refractivity contribution is 5.80. The molecule has 0 bridgehead atoms. The Balaban J connectivity index is 1.44. The molecule has 1 N–H and O–H groups in total. The number of piperazine rings is 1. The lowest BCUT2D eigenvalue weighted by molar-refractivity contribution is 0.169. The monoisotopic (exact) mass is 412 g/mol.